The van der Waals surface area contributed by atoms with Gasteiger partial charge in [0, 0.05) is 36.2 Å². The molecule has 0 bridgehead atoms. The van der Waals surface area contributed by atoms with Gasteiger partial charge >= 0.3 is 5.97 Å². The van der Waals surface area contributed by atoms with Gasteiger partial charge in [0.05, 0.1) is 18.0 Å². The second-order valence-electron chi connectivity index (χ2n) is 6.81. The first-order valence-corrected chi connectivity index (χ1v) is 10.3. The summed E-state index contributed by atoms with van der Waals surface area (Å²) in [6, 6.07) is 13.7. The van der Waals surface area contributed by atoms with Crippen LogP contribution < -0.4 is 10.1 Å². The van der Waals surface area contributed by atoms with Crippen LogP contribution in [0.4, 0.5) is 5.82 Å². The lowest BCUT2D eigenvalue weighted by Gasteiger charge is -2.13. The number of carboxylic acids is 1. The van der Waals surface area contributed by atoms with E-state index in [4.69, 9.17) is 4.74 Å². The third kappa shape index (κ3) is 6.29. The Morgan fingerprint density at radius 1 is 1.24 bits per heavy atom. The second-order valence-corrected chi connectivity index (χ2v) is 8.08. The lowest BCUT2D eigenvalue weighted by molar-refractivity contribution is -0.137. The number of aryl methyl sites for hydroxylation is 1. The maximum Gasteiger partial charge on any atom is 0.304 e. The predicted molar refractivity (Wildman–Crippen MR) is 115 cm³/mol. The molecular formula is C22H25N3O3S. The standard InChI is InChI=1S/C22H25N3O3S/c1-15-14-24-22(29-15)17(13-21(26)27)12-16-6-8-19(9-7-16)28-11-10-18-4-3-5-20(23-2)25-18/h3-9,14,17H,10-13H2,1-2H3,(H,23,25)(H,26,27). The zero-order valence-electron chi connectivity index (χ0n) is 16.6. The summed E-state index contributed by atoms with van der Waals surface area (Å²) in [5.41, 5.74) is 2.04. The molecular weight excluding hydrogens is 386 g/mol. The van der Waals surface area contributed by atoms with Crippen molar-refractivity contribution in [1.82, 2.24) is 9.97 Å². The van der Waals surface area contributed by atoms with Gasteiger partial charge in [0.1, 0.15) is 11.6 Å². The topological polar surface area (TPSA) is 84.3 Å². The van der Waals surface area contributed by atoms with Gasteiger partial charge in [-0.25, -0.2) is 9.97 Å². The van der Waals surface area contributed by atoms with E-state index in [9.17, 15) is 9.90 Å². The van der Waals surface area contributed by atoms with Gasteiger partial charge in [-0.15, -0.1) is 11.3 Å². The highest BCUT2D eigenvalue weighted by atomic mass is 32.1. The second kappa shape index (κ2) is 10.0. The highest BCUT2D eigenvalue weighted by molar-refractivity contribution is 7.11. The summed E-state index contributed by atoms with van der Waals surface area (Å²) >= 11 is 1.56. The van der Waals surface area contributed by atoms with E-state index in [-0.39, 0.29) is 12.3 Å². The first-order chi connectivity index (χ1) is 14.0. The van der Waals surface area contributed by atoms with Crippen molar-refractivity contribution in [3.05, 3.63) is 69.8 Å². The maximum absolute atomic E-state index is 11.3. The first-order valence-electron chi connectivity index (χ1n) is 9.53. The average molecular weight is 412 g/mol. The third-order valence-electron chi connectivity index (χ3n) is 4.50. The largest absolute Gasteiger partial charge is 0.493 e. The third-order valence-corrected chi connectivity index (χ3v) is 5.58. The summed E-state index contributed by atoms with van der Waals surface area (Å²) in [4.78, 5) is 21.2. The van der Waals surface area contributed by atoms with E-state index >= 15 is 0 Å². The molecule has 6 nitrogen and oxygen atoms in total. The molecule has 0 aliphatic rings. The van der Waals surface area contributed by atoms with Crippen LogP contribution in [-0.2, 0) is 17.6 Å². The van der Waals surface area contributed by atoms with Crippen LogP contribution >= 0.6 is 11.3 Å². The smallest absolute Gasteiger partial charge is 0.304 e. The molecule has 0 radical (unpaired) electrons. The van der Waals surface area contributed by atoms with Gasteiger partial charge < -0.3 is 15.2 Å². The molecule has 0 saturated heterocycles. The van der Waals surface area contributed by atoms with E-state index in [1.54, 1.807) is 17.5 Å². The molecule has 29 heavy (non-hydrogen) atoms. The normalized spacial score (nSPS) is 11.8. The number of nitrogens with one attached hydrogen (secondary N) is 1. The number of aromatic nitrogens is 2. The molecule has 0 aliphatic heterocycles. The number of rotatable bonds is 10. The van der Waals surface area contributed by atoms with E-state index in [2.05, 4.69) is 15.3 Å². The zero-order chi connectivity index (χ0) is 20.6. The molecule has 3 aromatic rings. The molecule has 2 heterocycles. The average Bonchev–Trinajstić information content (AvgIpc) is 3.15. The molecule has 0 spiro atoms. The fraction of sp³-hybridized carbons (Fsp3) is 0.318. The van der Waals surface area contributed by atoms with E-state index in [0.29, 0.717) is 13.0 Å². The summed E-state index contributed by atoms with van der Waals surface area (Å²) in [5, 5.41) is 13.2. The monoisotopic (exact) mass is 411 g/mol. The Labute approximate surface area is 174 Å². The SMILES string of the molecule is CNc1cccc(CCOc2ccc(CC(CC(=O)O)c3ncc(C)s3)cc2)n1. The zero-order valence-corrected chi connectivity index (χ0v) is 17.4. The van der Waals surface area contributed by atoms with Gasteiger partial charge in [0.15, 0.2) is 0 Å². The van der Waals surface area contributed by atoms with E-state index in [0.717, 1.165) is 39.1 Å². The number of hydrogen-bond donors (Lipinski definition) is 2. The van der Waals surface area contributed by atoms with E-state index < -0.39 is 5.97 Å². The molecule has 1 unspecified atom stereocenters. The van der Waals surface area contributed by atoms with Crippen LogP contribution in [0.1, 0.15) is 33.5 Å². The lowest BCUT2D eigenvalue weighted by Crippen LogP contribution is -2.09. The maximum atomic E-state index is 11.3. The van der Waals surface area contributed by atoms with Crippen molar-refractivity contribution in [3.63, 3.8) is 0 Å². The van der Waals surface area contributed by atoms with Gasteiger partial charge in [-0.2, -0.15) is 0 Å². The van der Waals surface area contributed by atoms with Crippen molar-refractivity contribution >= 4 is 23.1 Å². The van der Waals surface area contributed by atoms with Crippen LogP contribution in [0, 0.1) is 6.92 Å². The van der Waals surface area contributed by atoms with Crippen LogP contribution in [0.25, 0.3) is 0 Å². The van der Waals surface area contributed by atoms with Gasteiger partial charge in [-0.3, -0.25) is 4.79 Å². The summed E-state index contributed by atoms with van der Waals surface area (Å²) in [6.45, 7) is 2.52. The van der Waals surface area contributed by atoms with Gasteiger partial charge in [-0.1, -0.05) is 18.2 Å². The Morgan fingerprint density at radius 2 is 2.03 bits per heavy atom. The van der Waals surface area contributed by atoms with Crippen molar-refractivity contribution in [2.24, 2.45) is 0 Å². The van der Waals surface area contributed by atoms with Gasteiger partial charge in [0.25, 0.3) is 0 Å². The molecule has 152 valence electrons. The molecule has 0 fully saturated rings. The Hall–Kier alpha value is -2.93. The van der Waals surface area contributed by atoms with Crippen molar-refractivity contribution in [2.45, 2.75) is 32.1 Å². The Morgan fingerprint density at radius 3 is 2.69 bits per heavy atom. The first kappa shape index (κ1) is 20.8. The van der Waals surface area contributed by atoms with Crippen molar-refractivity contribution in [3.8, 4) is 5.75 Å². The van der Waals surface area contributed by atoms with Gasteiger partial charge in [0.2, 0.25) is 0 Å². The number of pyridine rings is 1. The summed E-state index contributed by atoms with van der Waals surface area (Å²) < 4.78 is 5.83. The molecule has 2 aromatic heterocycles. The number of ether oxygens (including phenoxy) is 1. The van der Waals surface area contributed by atoms with E-state index in [1.807, 2.05) is 56.4 Å². The number of aliphatic carboxylic acids is 1. The Kier molecular flexibility index (Phi) is 7.19. The summed E-state index contributed by atoms with van der Waals surface area (Å²) in [6.07, 6.45) is 3.23. The quantitative estimate of drug-likeness (QED) is 0.517. The number of hydrogen-bond acceptors (Lipinski definition) is 6. The lowest BCUT2D eigenvalue weighted by atomic mass is 9.97. The summed E-state index contributed by atoms with van der Waals surface area (Å²) in [5.74, 6) is 0.707. The molecule has 3 rings (SSSR count). The number of anilines is 1. The Balaban J connectivity index is 1.56. The number of nitrogens with zero attached hydrogens (tertiary/aromatic N) is 2. The minimum absolute atomic E-state index is 0.0733. The number of carboxylic acid groups (broad SMARTS) is 1. The highest BCUT2D eigenvalue weighted by Gasteiger charge is 2.19. The number of carbonyl (C=O) groups is 1. The van der Waals surface area contributed by atoms with Crippen molar-refractivity contribution in [1.29, 1.82) is 0 Å². The Bertz CT molecular complexity index is 940. The minimum atomic E-state index is -0.807. The van der Waals surface area contributed by atoms with Crippen LogP contribution in [-0.4, -0.2) is 34.7 Å². The fourth-order valence-electron chi connectivity index (χ4n) is 3.06. The number of benzene rings is 1. The molecule has 0 amide bonds. The molecule has 0 aliphatic carbocycles. The molecule has 7 heteroatoms. The van der Waals surface area contributed by atoms with Crippen molar-refractivity contribution in [2.75, 3.05) is 19.0 Å². The van der Waals surface area contributed by atoms with Crippen LogP contribution in [0.15, 0.2) is 48.7 Å². The fourth-order valence-corrected chi connectivity index (χ4v) is 3.93. The molecule has 0 saturated carbocycles. The van der Waals surface area contributed by atoms with E-state index in [1.165, 1.54) is 0 Å². The predicted octanol–water partition coefficient (Wildman–Crippen LogP) is 4.31. The van der Waals surface area contributed by atoms with Gasteiger partial charge in [-0.05, 0) is 43.2 Å². The molecule has 1 atom stereocenters. The molecule has 2 N–H and O–H groups in total. The molecule has 1 aromatic carbocycles. The highest BCUT2D eigenvalue weighted by Crippen LogP contribution is 2.28. The van der Waals surface area contributed by atoms with Crippen molar-refractivity contribution < 1.29 is 14.6 Å². The minimum Gasteiger partial charge on any atom is -0.493 e. The van der Waals surface area contributed by atoms with Crippen LogP contribution in [0.3, 0.4) is 0 Å². The number of thiazole rings is 1. The van der Waals surface area contributed by atoms with Crippen LogP contribution in [0.5, 0.6) is 5.75 Å². The van der Waals surface area contributed by atoms with Crippen LogP contribution in [0.2, 0.25) is 0 Å². The summed E-state index contributed by atoms with van der Waals surface area (Å²) in [7, 11) is 1.85.